The Labute approximate surface area is 184 Å². The maximum absolute atomic E-state index is 12.1. The van der Waals surface area contributed by atoms with Crippen molar-refractivity contribution in [1.82, 2.24) is 11.5 Å². The van der Waals surface area contributed by atoms with Gasteiger partial charge in [0.25, 0.3) is 0 Å². The van der Waals surface area contributed by atoms with Crippen LogP contribution in [-0.2, 0) is 16.0 Å². The fourth-order valence-corrected chi connectivity index (χ4v) is 3.30. The van der Waals surface area contributed by atoms with Gasteiger partial charge >= 0.3 is 5.69 Å². The lowest BCUT2D eigenvalue weighted by Gasteiger charge is -2.20. The largest absolute Gasteiger partial charge is 0.548 e. The number of nitrogens with zero attached hydrogens (tertiary/aromatic N) is 1. The molecule has 0 saturated heterocycles. The van der Waals surface area contributed by atoms with Crippen LogP contribution in [0.2, 0.25) is 0 Å². The number of carboxylic acids is 1. The monoisotopic (exact) mass is 439 g/mol. The van der Waals surface area contributed by atoms with E-state index in [9.17, 15) is 24.8 Å². The minimum absolute atomic E-state index is 0. The molecular formula is C22H37N3O6. The van der Waals surface area contributed by atoms with Gasteiger partial charge in [0.05, 0.1) is 24.0 Å². The average Bonchev–Trinajstić information content (AvgIpc) is 2.71. The number of ether oxygens (including phenoxy) is 1. The molecule has 1 aromatic rings. The maximum Gasteiger partial charge on any atom is 0.311 e. The lowest BCUT2D eigenvalue weighted by Crippen LogP contribution is -2.49. The smallest absolute Gasteiger partial charge is 0.311 e. The SMILES string of the molecule is CCCCCCCCCCCC(=O)NC(Cc1ccc(OC)c([N+](=O)[O-])c1)C(=O)[O-].[NH4+]. The van der Waals surface area contributed by atoms with Gasteiger partial charge in [-0.2, -0.15) is 0 Å². The van der Waals surface area contributed by atoms with Gasteiger partial charge in [0, 0.05) is 12.5 Å². The van der Waals surface area contributed by atoms with Crippen LogP contribution >= 0.6 is 0 Å². The number of carbonyl (C=O) groups excluding carboxylic acids is 2. The summed E-state index contributed by atoms with van der Waals surface area (Å²) in [6.45, 7) is 2.19. The first kappa shape index (κ1) is 28.3. The summed E-state index contributed by atoms with van der Waals surface area (Å²) in [4.78, 5) is 34.0. The standard InChI is InChI=1S/C22H34N2O6.H3N/c1-3-4-5-6-7-8-9-10-11-12-21(25)23-18(22(26)27)15-17-13-14-20(30-2)19(16-17)24(28)29;/h13-14,16,18H,3-12,15H2,1-2H3,(H,23,25)(H,26,27);1H3. The third kappa shape index (κ3) is 11.3. The molecule has 0 aliphatic rings. The summed E-state index contributed by atoms with van der Waals surface area (Å²) in [5.41, 5.74) is 0.146. The van der Waals surface area contributed by atoms with Crippen molar-refractivity contribution in [1.29, 1.82) is 0 Å². The van der Waals surface area contributed by atoms with E-state index >= 15 is 0 Å². The highest BCUT2D eigenvalue weighted by Crippen LogP contribution is 2.28. The van der Waals surface area contributed by atoms with Gasteiger partial charge in [-0.05, 0) is 24.5 Å². The Hall–Kier alpha value is -2.68. The van der Waals surface area contributed by atoms with Crippen molar-refractivity contribution >= 4 is 17.6 Å². The van der Waals surface area contributed by atoms with Crippen molar-refractivity contribution in [3.63, 3.8) is 0 Å². The van der Waals surface area contributed by atoms with Crippen molar-refractivity contribution in [3.8, 4) is 5.75 Å². The van der Waals surface area contributed by atoms with E-state index in [1.54, 1.807) is 0 Å². The Kier molecular flexibility index (Phi) is 14.7. The molecule has 0 spiro atoms. The lowest BCUT2D eigenvalue weighted by atomic mass is 10.0. The summed E-state index contributed by atoms with van der Waals surface area (Å²) in [5, 5.41) is 25.0. The van der Waals surface area contributed by atoms with E-state index in [0.717, 1.165) is 19.3 Å². The van der Waals surface area contributed by atoms with E-state index in [2.05, 4.69) is 12.2 Å². The average molecular weight is 440 g/mol. The Bertz CT molecular complexity index is 696. The van der Waals surface area contributed by atoms with Crippen molar-refractivity contribution in [3.05, 3.63) is 33.9 Å². The minimum atomic E-state index is -1.42. The molecule has 0 aliphatic heterocycles. The molecule has 0 bridgehead atoms. The molecule has 176 valence electrons. The zero-order chi connectivity index (χ0) is 22.4. The van der Waals surface area contributed by atoms with Gasteiger partial charge < -0.3 is 26.1 Å². The second kappa shape index (κ2) is 16.1. The van der Waals surface area contributed by atoms with Gasteiger partial charge in [-0.1, -0.05) is 64.4 Å². The molecule has 1 atom stereocenters. The van der Waals surface area contributed by atoms with Crippen molar-refractivity contribution in [2.24, 2.45) is 0 Å². The van der Waals surface area contributed by atoms with Crippen molar-refractivity contribution in [2.45, 2.75) is 83.6 Å². The van der Waals surface area contributed by atoms with Crippen LogP contribution in [0.1, 0.15) is 76.7 Å². The quantitative estimate of drug-likeness (QED) is 0.227. The summed E-state index contributed by atoms with van der Waals surface area (Å²) >= 11 is 0. The second-order valence-electron chi connectivity index (χ2n) is 7.48. The molecule has 0 heterocycles. The molecule has 0 aliphatic carbocycles. The predicted octanol–water partition coefficient (Wildman–Crippen LogP) is 3.68. The maximum atomic E-state index is 12.1. The van der Waals surface area contributed by atoms with Gasteiger partial charge in [0.2, 0.25) is 5.91 Å². The van der Waals surface area contributed by atoms with Crippen LogP contribution in [0.15, 0.2) is 18.2 Å². The van der Waals surface area contributed by atoms with Crippen LogP contribution in [-0.4, -0.2) is 30.0 Å². The number of hydrogen-bond acceptors (Lipinski definition) is 6. The van der Waals surface area contributed by atoms with E-state index in [-0.39, 0.29) is 36.3 Å². The van der Waals surface area contributed by atoms with Crippen molar-refractivity contribution in [2.75, 3.05) is 7.11 Å². The van der Waals surface area contributed by atoms with Gasteiger partial charge in [-0.15, -0.1) is 0 Å². The number of unbranched alkanes of at least 4 members (excludes halogenated alkanes) is 8. The Morgan fingerprint density at radius 2 is 1.65 bits per heavy atom. The predicted molar refractivity (Wildman–Crippen MR) is 118 cm³/mol. The Morgan fingerprint density at radius 1 is 1.06 bits per heavy atom. The molecular weight excluding hydrogens is 402 g/mol. The number of nitro groups is 1. The molecule has 0 fully saturated rings. The first-order valence-electron chi connectivity index (χ1n) is 10.7. The fraction of sp³-hybridized carbons (Fsp3) is 0.636. The molecule has 1 rings (SSSR count). The normalized spacial score (nSPS) is 11.3. The van der Waals surface area contributed by atoms with Gasteiger partial charge in [-0.25, -0.2) is 0 Å². The number of methoxy groups -OCH3 is 1. The van der Waals surface area contributed by atoms with E-state index in [4.69, 9.17) is 4.74 Å². The van der Waals surface area contributed by atoms with E-state index in [0.29, 0.717) is 12.0 Å². The number of quaternary nitrogens is 1. The summed E-state index contributed by atoms with van der Waals surface area (Å²) in [6, 6.07) is 2.95. The molecule has 0 radical (unpaired) electrons. The second-order valence-corrected chi connectivity index (χ2v) is 7.48. The van der Waals surface area contributed by atoms with Crippen molar-refractivity contribution < 1.29 is 24.4 Å². The molecule has 0 saturated carbocycles. The number of carbonyl (C=O) groups is 2. The fourth-order valence-electron chi connectivity index (χ4n) is 3.30. The van der Waals surface area contributed by atoms with E-state index < -0.39 is 16.9 Å². The molecule has 1 amide bonds. The number of amides is 1. The summed E-state index contributed by atoms with van der Waals surface area (Å²) in [5.74, 6) is -1.69. The molecule has 1 aromatic carbocycles. The number of nitro benzene ring substituents is 1. The number of benzene rings is 1. The first-order valence-corrected chi connectivity index (χ1v) is 10.7. The number of hydrogen-bond donors (Lipinski definition) is 2. The summed E-state index contributed by atoms with van der Waals surface area (Å²) < 4.78 is 4.94. The minimum Gasteiger partial charge on any atom is -0.548 e. The molecule has 5 N–H and O–H groups in total. The highest BCUT2D eigenvalue weighted by Gasteiger charge is 2.19. The first-order chi connectivity index (χ1) is 14.4. The zero-order valence-electron chi connectivity index (χ0n) is 19.0. The molecule has 1 unspecified atom stereocenters. The van der Waals surface area contributed by atoms with Crippen LogP contribution in [0.3, 0.4) is 0 Å². The topological polar surface area (TPSA) is 158 Å². The van der Waals surface area contributed by atoms with E-state index in [1.165, 1.54) is 57.4 Å². The van der Waals surface area contributed by atoms with Crippen LogP contribution in [0.5, 0.6) is 5.75 Å². The molecule has 9 nitrogen and oxygen atoms in total. The lowest BCUT2D eigenvalue weighted by molar-refractivity contribution is -0.385. The van der Waals surface area contributed by atoms with Crippen LogP contribution < -0.4 is 21.3 Å². The molecule has 31 heavy (non-hydrogen) atoms. The zero-order valence-corrected chi connectivity index (χ0v) is 19.0. The third-order valence-electron chi connectivity index (χ3n) is 5.01. The van der Waals surface area contributed by atoms with Gasteiger partial charge in [-0.3, -0.25) is 14.9 Å². The highest BCUT2D eigenvalue weighted by atomic mass is 16.6. The highest BCUT2D eigenvalue weighted by molar-refractivity contribution is 5.82. The van der Waals surface area contributed by atoms with E-state index in [1.807, 2.05) is 0 Å². The van der Waals surface area contributed by atoms with Crippen LogP contribution in [0.4, 0.5) is 5.69 Å². The number of rotatable bonds is 16. The summed E-state index contributed by atoms with van der Waals surface area (Å²) in [7, 11) is 1.32. The number of aliphatic carboxylic acids is 1. The van der Waals surface area contributed by atoms with Crippen LogP contribution in [0.25, 0.3) is 0 Å². The molecule has 0 aromatic heterocycles. The van der Waals surface area contributed by atoms with Gasteiger partial charge in [0.15, 0.2) is 5.75 Å². The number of nitrogens with one attached hydrogen (secondary N) is 1. The molecule has 9 heteroatoms. The Morgan fingerprint density at radius 3 is 2.16 bits per heavy atom. The third-order valence-corrected chi connectivity index (χ3v) is 5.01. The van der Waals surface area contributed by atoms with Crippen LogP contribution in [0, 0.1) is 10.1 Å². The summed E-state index contributed by atoms with van der Waals surface area (Å²) in [6.07, 6.45) is 10.3. The number of carboxylic acid groups (broad SMARTS) is 1. The van der Waals surface area contributed by atoms with Gasteiger partial charge in [0.1, 0.15) is 0 Å². The Balaban J connectivity index is 0.00000900.